The number of benzene rings is 1. The van der Waals surface area contributed by atoms with Crippen molar-refractivity contribution >= 4 is 15.9 Å². The van der Waals surface area contributed by atoms with Crippen molar-refractivity contribution in [1.29, 1.82) is 0 Å². The molecule has 1 aromatic carbocycles. The molecule has 2 nitrogen and oxygen atoms in total. The molecule has 0 amide bonds. The highest BCUT2D eigenvalue weighted by molar-refractivity contribution is 9.10. The number of nitrogens with one attached hydrogen (secondary N) is 1. The van der Waals surface area contributed by atoms with Crippen molar-refractivity contribution in [3.05, 3.63) is 28.2 Å². The van der Waals surface area contributed by atoms with Gasteiger partial charge < -0.3 is 10.1 Å². The molecule has 2 aliphatic rings. The van der Waals surface area contributed by atoms with E-state index in [1.807, 2.05) is 0 Å². The second kappa shape index (κ2) is 5.84. The van der Waals surface area contributed by atoms with Gasteiger partial charge in [0, 0.05) is 22.5 Å². The number of fused-ring (bicyclic) bond motifs is 1. The molecule has 2 unspecified atom stereocenters. The van der Waals surface area contributed by atoms with Crippen molar-refractivity contribution in [2.24, 2.45) is 5.92 Å². The van der Waals surface area contributed by atoms with Gasteiger partial charge in [-0.2, -0.15) is 0 Å². The van der Waals surface area contributed by atoms with Crippen LogP contribution < -0.4 is 10.1 Å². The summed E-state index contributed by atoms with van der Waals surface area (Å²) in [5, 5.41) is 3.69. The first-order valence-electron chi connectivity index (χ1n) is 7.47. The van der Waals surface area contributed by atoms with E-state index in [1.54, 1.807) is 0 Å². The molecule has 1 aliphatic heterocycles. The third kappa shape index (κ3) is 2.82. The maximum absolute atomic E-state index is 6.24. The molecule has 3 rings (SSSR count). The van der Waals surface area contributed by atoms with Crippen molar-refractivity contribution in [3.8, 4) is 5.75 Å². The van der Waals surface area contributed by atoms with Gasteiger partial charge in [-0.25, -0.2) is 0 Å². The summed E-state index contributed by atoms with van der Waals surface area (Å²) in [6, 6.07) is 6.86. The Morgan fingerprint density at radius 2 is 2.21 bits per heavy atom. The molecule has 2 atom stereocenters. The Kier molecular flexibility index (Phi) is 4.13. The first-order chi connectivity index (χ1) is 9.28. The Balaban J connectivity index is 1.82. The van der Waals surface area contributed by atoms with Gasteiger partial charge in [0.2, 0.25) is 0 Å². The van der Waals surface area contributed by atoms with Crippen molar-refractivity contribution in [3.63, 3.8) is 0 Å². The molecule has 1 heterocycles. The van der Waals surface area contributed by atoms with Crippen molar-refractivity contribution in [2.75, 3.05) is 6.54 Å². The summed E-state index contributed by atoms with van der Waals surface area (Å²) in [6.45, 7) is 3.30. The second-order valence-electron chi connectivity index (χ2n) is 5.77. The molecular weight excluding hydrogens is 302 g/mol. The van der Waals surface area contributed by atoms with Gasteiger partial charge >= 0.3 is 0 Å². The van der Waals surface area contributed by atoms with Gasteiger partial charge in [-0.05, 0) is 49.9 Å². The molecule has 0 radical (unpaired) electrons. The third-order valence-electron chi connectivity index (χ3n) is 4.41. The van der Waals surface area contributed by atoms with E-state index >= 15 is 0 Å². The van der Waals surface area contributed by atoms with E-state index in [9.17, 15) is 0 Å². The predicted molar refractivity (Wildman–Crippen MR) is 81.6 cm³/mol. The summed E-state index contributed by atoms with van der Waals surface area (Å²) in [5.74, 6) is 1.86. The standard InChI is InChI=1S/C16H22BrNO/c1-2-8-18-14-10-16(11-4-3-5-11)19-15-7-6-12(17)9-13(14)15/h6-7,9,11,14,16,18H,2-5,8,10H2,1H3. The third-order valence-corrected chi connectivity index (χ3v) is 4.90. The molecule has 0 aromatic heterocycles. The van der Waals surface area contributed by atoms with Gasteiger partial charge in [-0.15, -0.1) is 0 Å². The van der Waals surface area contributed by atoms with Crippen molar-refractivity contribution < 1.29 is 4.74 Å². The molecule has 1 saturated carbocycles. The van der Waals surface area contributed by atoms with E-state index in [0.717, 1.165) is 29.1 Å². The first-order valence-corrected chi connectivity index (χ1v) is 8.26. The average molecular weight is 324 g/mol. The van der Waals surface area contributed by atoms with Gasteiger partial charge in [-0.1, -0.05) is 29.3 Å². The van der Waals surface area contributed by atoms with Gasteiger partial charge in [-0.3, -0.25) is 0 Å². The highest BCUT2D eigenvalue weighted by Gasteiger charge is 2.35. The van der Waals surface area contributed by atoms with Crippen LogP contribution in [0.15, 0.2) is 22.7 Å². The van der Waals surface area contributed by atoms with E-state index < -0.39 is 0 Å². The van der Waals surface area contributed by atoms with Crippen LogP contribution in [0.1, 0.15) is 50.6 Å². The quantitative estimate of drug-likeness (QED) is 0.884. The van der Waals surface area contributed by atoms with Crippen LogP contribution in [0.4, 0.5) is 0 Å². The summed E-state index contributed by atoms with van der Waals surface area (Å²) in [4.78, 5) is 0. The number of hydrogen-bond acceptors (Lipinski definition) is 2. The molecule has 0 bridgehead atoms. The molecule has 0 spiro atoms. The molecule has 19 heavy (non-hydrogen) atoms. The number of ether oxygens (including phenoxy) is 1. The molecule has 3 heteroatoms. The molecule has 1 aliphatic carbocycles. The van der Waals surface area contributed by atoms with Crippen LogP contribution in [0.2, 0.25) is 0 Å². The fourth-order valence-corrected chi connectivity index (χ4v) is 3.46. The smallest absolute Gasteiger partial charge is 0.124 e. The molecule has 1 N–H and O–H groups in total. The van der Waals surface area contributed by atoms with Crippen LogP contribution in [0.25, 0.3) is 0 Å². The van der Waals surface area contributed by atoms with E-state index in [0.29, 0.717) is 12.1 Å². The van der Waals surface area contributed by atoms with E-state index in [4.69, 9.17) is 4.74 Å². The average Bonchev–Trinajstić information content (AvgIpc) is 2.34. The lowest BCUT2D eigenvalue weighted by Crippen LogP contribution is -2.39. The SMILES string of the molecule is CCCNC1CC(C2CCC2)Oc2ccc(Br)cc21. The van der Waals surface area contributed by atoms with E-state index in [-0.39, 0.29) is 0 Å². The second-order valence-corrected chi connectivity index (χ2v) is 6.69. The minimum atomic E-state index is 0.414. The zero-order chi connectivity index (χ0) is 13.2. The first kappa shape index (κ1) is 13.4. The topological polar surface area (TPSA) is 21.3 Å². The molecule has 104 valence electrons. The summed E-state index contributed by atoms with van der Waals surface area (Å²) in [5.41, 5.74) is 1.32. The fraction of sp³-hybridized carbons (Fsp3) is 0.625. The lowest BCUT2D eigenvalue weighted by Gasteiger charge is -2.40. The Bertz CT molecular complexity index is 444. The van der Waals surface area contributed by atoms with Crippen LogP contribution in [0.5, 0.6) is 5.75 Å². The van der Waals surface area contributed by atoms with Gasteiger partial charge in [0.05, 0.1) is 0 Å². The number of halogens is 1. The van der Waals surface area contributed by atoms with Crippen LogP contribution in [0, 0.1) is 5.92 Å². The largest absolute Gasteiger partial charge is 0.490 e. The fourth-order valence-electron chi connectivity index (χ4n) is 3.08. The Hall–Kier alpha value is -0.540. The summed E-state index contributed by atoms with van der Waals surface area (Å²) < 4.78 is 7.38. The van der Waals surface area contributed by atoms with Crippen LogP contribution in [-0.2, 0) is 0 Å². The zero-order valence-corrected chi connectivity index (χ0v) is 13.1. The normalized spacial score (nSPS) is 26.4. The maximum atomic E-state index is 6.24. The summed E-state index contributed by atoms with van der Waals surface area (Å²) >= 11 is 3.57. The lowest BCUT2D eigenvalue weighted by atomic mass is 9.77. The Labute approximate surface area is 124 Å². The summed E-state index contributed by atoms with van der Waals surface area (Å²) in [7, 11) is 0. The Morgan fingerprint density at radius 3 is 2.89 bits per heavy atom. The number of rotatable bonds is 4. The van der Waals surface area contributed by atoms with Gasteiger partial charge in [0.15, 0.2) is 0 Å². The van der Waals surface area contributed by atoms with Crippen LogP contribution >= 0.6 is 15.9 Å². The van der Waals surface area contributed by atoms with E-state index in [1.165, 1.54) is 31.2 Å². The molecule has 0 saturated heterocycles. The van der Waals surface area contributed by atoms with E-state index in [2.05, 4.69) is 46.4 Å². The highest BCUT2D eigenvalue weighted by Crippen LogP contribution is 2.42. The monoisotopic (exact) mass is 323 g/mol. The minimum absolute atomic E-state index is 0.414. The predicted octanol–water partition coefficient (Wildman–Crippen LogP) is 4.44. The molecule has 1 aromatic rings. The minimum Gasteiger partial charge on any atom is -0.490 e. The number of hydrogen-bond donors (Lipinski definition) is 1. The van der Waals surface area contributed by atoms with Crippen molar-refractivity contribution in [1.82, 2.24) is 5.32 Å². The Morgan fingerprint density at radius 1 is 1.37 bits per heavy atom. The van der Waals surface area contributed by atoms with Crippen molar-refractivity contribution in [2.45, 2.75) is 51.2 Å². The lowest BCUT2D eigenvalue weighted by molar-refractivity contribution is 0.0531. The van der Waals surface area contributed by atoms with Crippen LogP contribution in [0.3, 0.4) is 0 Å². The summed E-state index contributed by atoms with van der Waals surface area (Å²) in [6.07, 6.45) is 6.78. The molecule has 1 fully saturated rings. The maximum Gasteiger partial charge on any atom is 0.124 e. The zero-order valence-electron chi connectivity index (χ0n) is 11.5. The van der Waals surface area contributed by atoms with Gasteiger partial charge in [0.25, 0.3) is 0 Å². The van der Waals surface area contributed by atoms with Crippen LogP contribution in [-0.4, -0.2) is 12.6 Å². The highest BCUT2D eigenvalue weighted by atomic mass is 79.9. The van der Waals surface area contributed by atoms with Gasteiger partial charge in [0.1, 0.15) is 11.9 Å². The molecular formula is C16H22BrNO.